The van der Waals surface area contributed by atoms with Gasteiger partial charge in [-0.1, -0.05) is 19.9 Å². The number of aliphatic hydroxyl groups is 13. The molecule has 0 aromatic carbocycles. The van der Waals surface area contributed by atoms with Gasteiger partial charge in [-0.25, -0.2) is 0 Å². The quantitative estimate of drug-likeness (QED) is 0.0528. The van der Waals surface area contributed by atoms with Gasteiger partial charge in [0.15, 0.2) is 18.9 Å². The summed E-state index contributed by atoms with van der Waals surface area (Å²) in [6.45, 7) is 5.86. The molecule has 13 N–H and O–H groups in total. The van der Waals surface area contributed by atoms with Gasteiger partial charge in [0.1, 0.15) is 91.6 Å². The van der Waals surface area contributed by atoms with Crippen molar-refractivity contribution in [3.05, 3.63) is 12.2 Å². The molecule has 20 unspecified atom stereocenters. The molecule has 25 atom stereocenters. The Morgan fingerprint density at radius 1 is 0.631 bits per heavy atom. The molecule has 4 aliphatic carbocycles. The molecule has 0 aromatic heterocycles. The predicted molar refractivity (Wildman–Crippen MR) is 213 cm³/mol. The van der Waals surface area contributed by atoms with Crippen LogP contribution in [0.4, 0.5) is 0 Å². The molecule has 4 saturated heterocycles. The third-order valence-electron chi connectivity index (χ3n) is 16.7. The second-order valence-electron chi connectivity index (χ2n) is 20.4. The van der Waals surface area contributed by atoms with Crippen molar-refractivity contribution in [2.45, 2.75) is 194 Å². The summed E-state index contributed by atoms with van der Waals surface area (Å²) < 4.78 is 48.1. The first-order valence-electron chi connectivity index (χ1n) is 22.8. The standard InChI is InChI=1S/C43H68O22/c1-17-11-42-9-5-22-40(2,7-4-8-41(22,3)39(57)64-37-32(56)29(53)26(50)20(13-45)60-37)23(42)6-10-43(17,16-42)65-38-34(63-35-30(54)24(48)18(47)15-58-35)33(27(51)21(14-46)61-38)62-36-31(55)28(52)25(49)19(12-44)59-36/h18-38,44-56H,1,4-16H2,2-3H3/t18?,19?,20?,21?,22?,23-,24?,25?,26?,27?,28?,29?,30?,31?,32?,33?,34?,35?,36?,37?,38?,40+,41+,42+,43-/m0/s1. The smallest absolute Gasteiger partial charge is 0.314 e. The summed E-state index contributed by atoms with van der Waals surface area (Å²) in [5, 5.41) is 137. The zero-order valence-electron chi connectivity index (χ0n) is 36.5. The number of fused-ring (bicyclic) bond motifs is 3. The molecule has 4 saturated carbocycles. The SMILES string of the molecule is C=C1C[C@@]23CCC4[C@](C)(C(=O)OC5OC(CO)C(O)C(O)C5O)CCC[C@@]4(C)[C@@H]2CC[C@]1(OC1OC(CO)C(O)C(OC2OC(CO)C(O)C(O)C2O)C1OC1OCC(O)C(O)C1O)C3. The molecule has 8 fully saturated rings. The maximum Gasteiger partial charge on any atom is 0.314 e. The molecule has 4 aliphatic heterocycles. The van der Waals surface area contributed by atoms with E-state index in [-0.39, 0.29) is 17.3 Å². The summed E-state index contributed by atoms with van der Waals surface area (Å²) >= 11 is 0. The number of hydrogen-bond donors (Lipinski definition) is 13. The molecule has 65 heavy (non-hydrogen) atoms. The highest BCUT2D eigenvalue weighted by Crippen LogP contribution is 2.73. The average Bonchev–Trinajstić information content (AvgIpc) is 3.48. The van der Waals surface area contributed by atoms with Gasteiger partial charge in [0.2, 0.25) is 6.29 Å². The first kappa shape index (κ1) is 49.8. The van der Waals surface area contributed by atoms with E-state index in [0.29, 0.717) is 51.4 Å². The van der Waals surface area contributed by atoms with E-state index in [1.807, 2.05) is 6.92 Å². The topological polar surface area (TPSA) is 354 Å². The van der Waals surface area contributed by atoms with Crippen molar-refractivity contribution >= 4 is 5.97 Å². The highest BCUT2D eigenvalue weighted by atomic mass is 16.8. The lowest BCUT2D eigenvalue weighted by atomic mass is 9.41. The van der Waals surface area contributed by atoms with Gasteiger partial charge in [-0.2, -0.15) is 0 Å². The van der Waals surface area contributed by atoms with E-state index in [1.165, 1.54) is 0 Å². The largest absolute Gasteiger partial charge is 0.432 e. The van der Waals surface area contributed by atoms with E-state index < -0.39 is 166 Å². The van der Waals surface area contributed by atoms with Gasteiger partial charge in [-0.05, 0) is 86.5 Å². The monoisotopic (exact) mass is 936 g/mol. The molecule has 372 valence electrons. The Morgan fingerprint density at radius 3 is 1.83 bits per heavy atom. The molecule has 22 heteroatoms. The van der Waals surface area contributed by atoms with Crippen LogP contribution in [0, 0.1) is 28.1 Å². The second kappa shape index (κ2) is 18.6. The number of esters is 1. The van der Waals surface area contributed by atoms with E-state index in [4.69, 9.17) is 37.9 Å². The molecule has 8 aliphatic rings. The molecule has 1 spiro atoms. The first-order valence-corrected chi connectivity index (χ1v) is 22.8. The van der Waals surface area contributed by atoms with Crippen molar-refractivity contribution in [2.75, 3.05) is 26.4 Å². The zero-order valence-corrected chi connectivity index (χ0v) is 36.5. The normalized spacial score (nSPS) is 54.7. The van der Waals surface area contributed by atoms with E-state index in [0.717, 1.165) is 12.0 Å². The number of hydrogen-bond acceptors (Lipinski definition) is 22. The third-order valence-corrected chi connectivity index (χ3v) is 16.7. The third kappa shape index (κ3) is 8.32. The van der Waals surface area contributed by atoms with Crippen LogP contribution in [0.15, 0.2) is 12.2 Å². The minimum Gasteiger partial charge on any atom is -0.432 e. The molecule has 2 bridgehead atoms. The summed E-state index contributed by atoms with van der Waals surface area (Å²) in [7, 11) is 0. The minimum atomic E-state index is -1.92. The van der Waals surface area contributed by atoms with Gasteiger partial charge in [0.05, 0.1) is 37.4 Å². The van der Waals surface area contributed by atoms with Crippen molar-refractivity contribution in [1.29, 1.82) is 0 Å². The van der Waals surface area contributed by atoms with Crippen LogP contribution in [0.5, 0.6) is 0 Å². The summed E-state index contributed by atoms with van der Waals surface area (Å²) in [5.41, 5.74) is -2.17. The average molecular weight is 937 g/mol. The predicted octanol–water partition coefficient (Wildman–Crippen LogP) is -4.47. The van der Waals surface area contributed by atoms with Gasteiger partial charge in [-0.3, -0.25) is 4.79 Å². The van der Waals surface area contributed by atoms with Gasteiger partial charge in [0, 0.05) is 0 Å². The minimum absolute atomic E-state index is 0.0525. The van der Waals surface area contributed by atoms with Gasteiger partial charge >= 0.3 is 5.97 Å². The Hall–Kier alpha value is -1.59. The Kier molecular flexibility index (Phi) is 14.3. The Bertz CT molecular complexity index is 1710. The molecular formula is C43H68O22. The van der Waals surface area contributed by atoms with Crippen molar-refractivity contribution in [3.8, 4) is 0 Å². The summed E-state index contributed by atoms with van der Waals surface area (Å²) in [5.74, 6) is -0.744. The first-order chi connectivity index (χ1) is 30.7. The van der Waals surface area contributed by atoms with Gasteiger partial charge in [-0.15, -0.1) is 0 Å². The van der Waals surface area contributed by atoms with E-state index in [1.54, 1.807) is 0 Å². The van der Waals surface area contributed by atoms with Crippen molar-refractivity contribution in [1.82, 2.24) is 0 Å². The van der Waals surface area contributed by atoms with E-state index >= 15 is 0 Å². The van der Waals surface area contributed by atoms with E-state index in [9.17, 15) is 71.2 Å². The Labute approximate surface area is 375 Å². The number of aliphatic hydroxyl groups excluding tert-OH is 13. The maximum atomic E-state index is 14.3. The highest BCUT2D eigenvalue weighted by Gasteiger charge is 2.69. The van der Waals surface area contributed by atoms with Gasteiger partial charge in [0.25, 0.3) is 0 Å². The van der Waals surface area contributed by atoms with Crippen LogP contribution in [0.3, 0.4) is 0 Å². The summed E-state index contributed by atoms with van der Waals surface area (Å²) in [4.78, 5) is 14.3. The molecule has 0 amide bonds. The van der Waals surface area contributed by atoms with Crippen molar-refractivity contribution in [3.63, 3.8) is 0 Å². The van der Waals surface area contributed by atoms with Crippen LogP contribution >= 0.6 is 0 Å². The number of rotatable bonds is 11. The Morgan fingerprint density at radius 2 is 1.18 bits per heavy atom. The molecule has 4 heterocycles. The molecule has 0 aromatic rings. The van der Waals surface area contributed by atoms with Crippen LogP contribution < -0.4 is 0 Å². The Balaban J connectivity index is 1.05. The molecular weight excluding hydrogens is 868 g/mol. The summed E-state index contributed by atoms with van der Waals surface area (Å²) in [6.07, 6.45) is -26.1. The molecule has 0 radical (unpaired) electrons. The lowest BCUT2D eigenvalue weighted by Gasteiger charge is -2.64. The van der Waals surface area contributed by atoms with Crippen LogP contribution in [0.25, 0.3) is 0 Å². The zero-order chi connectivity index (χ0) is 47.1. The van der Waals surface area contributed by atoms with Crippen LogP contribution in [-0.4, -0.2) is 221 Å². The summed E-state index contributed by atoms with van der Waals surface area (Å²) in [6, 6.07) is 0. The number of carbonyl (C=O) groups is 1. The van der Waals surface area contributed by atoms with Crippen molar-refractivity contribution < 1.29 is 109 Å². The number of carbonyl (C=O) groups excluding carboxylic acids is 1. The molecule has 8 rings (SSSR count). The van der Waals surface area contributed by atoms with Crippen LogP contribution in [-0.2, 0) is 42.7 Å². The highest BCUT2D eigenvalue weighted by molar-refractivity contribution is 5.77. The van der Waals surface area contributed by atoms with Crippen LogP contribution in [0.2, 0.25) is 0 Å². The fourth-order valence-electron chi connectivity index (χ4n) is 13.2. The fourth-order valence-corrected chi connectivity index (χ4v) is 13.2. The lowest BCUT2D eigenvalue weighted by Crippen LogP contribution is -2.67. The maximum absolute atomic E-state index is 14.3. The van der Waals surface area contributed by atoms with Crippen molar-refractivity contribution in [2.24, 2.45) is 28.1 Å². The fraction of sp³-hybridized carbons (Fsp3) is 0.930. The number of ether oxygens (including phenoxy) is 8. The van der Waals surface area contributed by atoms with E-state index in [2.05, 4.69) is 13.5 Å². The second-order valence-corrected chi connectivity index (χ2v) is 20.4. The molecule has 22 nitrogen and oxygen atoms in total. The van der Waals surface area contributed by atoms with Crippen LogP contribution in [0.1, 0.15) is 71.6 Å². The van der Waals surface area contributed by atoms with Gasteiger partial charge < -0.3 is 104 Å². The lowest BCUT2D eigenvalue weighted by molar-refractivity contribution is -0.395.